The van der Waals surface area contributed by atoms with Gasteiger partial charge in [0.05, 0.1) is 5.92 Å². The van der Waals surface area contributed by atoms with E-state index in [9.17, 15) is 9.59 Å². The Balaban J connectivity index is 1.89. The van der Waals surface area contributed by atoms with Gasteiger partial charge in [0, 0.05) is 25.6 Å². The number of likely N-dealkylation sites (tertiary alicyclic amines) is 1. The Hall–Kier alpha value is -1.32. The zero-order valence-corrected chi connectivity index (χ0v) is 10.2. The molecule has 1 heterocycles. The first-order chi connectivity index (χ1) is 8.22. The van der Waals surface area contributed by atoms with Crippen molar-refractivity contribution in [2.45, 2.75) is 38.1 Å². The molecule has 4 nitrogen and oxygen atoms in total. The summed E-state index contributed by atoms with van der Waals surface area (Å²) in [5.41, 5.74) is 0. The van der Waals surface area contributed by atoms with Gasteiger partial charge in [-0.3, -0.25) is 9.59 Å². The lowest BCUT2D eigenvalue weighted by Crippen LogP contribution is -2.37. The molecule has 0 bridgehead atoms. The van der Waals surface area contributed by atoms with Gasteiger partial charge >= 0.3 is 0 Å². The summed E-state index contributed by atoms with van der Waals surface area (Å²) in [6.45, 7) is 4.64. The molecule has 4 heteroatoms. The van der Waals surface area contributed by atoms with Gasteiger partial charge in [-0.15, -0.1) is 6.58 Å². The van der Waals surface area contributed by atoms with Crippen LogP contribution >= 0.6 is 0 Å². The van der Waals surface area contributed by atoms with E-state index in [1.165, 1.54) is 12.8 Å². The van der Waals surface area contributed by atoms with Crippen molar-refractivity contribution in [3.63, 3.8) is 0 Å². The zero-order valence-electron chi connectivity index (χ0n) is 10.2. The van der Waals surface area contributed by atoms with Crippen LogP contribution in [0.1, 0.15) is 32.1 Å². The van der Waals surface area contributed by atoms with Crippen molar-refractivity contribution in [1.82, 2.24) is 10.2 Å². The number of carbonyl (C=O) groups excluding carboxylic acids is 2. The molecule has 0 radical (unpaired) electrons. The highest BCUT2D eigenvalue weighted by atomic mass is 16.2. The van der Waals surface area contributed by atoms with E-state index in [2.05, 4.69) is 11.9 Å². The van der Waals surface area contributed by atoms with Gasteiger partial charge in [0.15, 0.2) is 0 Å². The van der Waals surface area contributed by atoms with Gasteiger partial charge in [-0.05, 0) is 12.8 Å². The summed E-state index contributed by atoms with van der Waals surface area (Å²) in [5.74, 6) is -0.0301. The lowest BCUT2D eigenvalue weighted by Gasteiger charge is -2.23. The SMILES string of the molecule is C=CCNC(=O)[C@H]1CC(=O)N(C2CCCC2)C1. The molecule has 0 unspecified atom stereocenters. The lowest BCUT2D eigenvalue weighted by molar-refractivity contribution is -0.130. The van der Waals surface area contributed by atoms with E-state index in [4.69, 9.17) is 0 Å². The first-order valence-electron chi connectivity index (χ1n) is 6.40. The average Bonchev–Trinajstić information content (AvgIpc) is 2.94. The van der Waals surface area contributed by atoms with Crippen LogP contribution < -0.4 is 5.32 Å². The van der Waals surface area contributed by atoms with E-state index >= 15 is 0 Å². The molecule has 1 saturated carbocycles. The third-order valence-electron chi connectivity index (χ3n) is 3.72. The number of rotatable bonds is 4. The molecule has 1 atom stereocenters. The molecule has 0 aromatic carbocycles. The van der Waals surface area contributed by atoms with E-state index < -0.39 is 0 Å². The zero-order chi connectivity index (χ0) is 12.3. The Bertz CT molecular complexity index is 321. The van der Waals surface area contributed by atoms with E-state index in [1.54, 1.807) is 6.08 Å². The van der Waals surface area contributed by atoms with Crippen molar-refractivity contribution in [2.75, 3.05) is 13.1 Å². The van der Waals surface area contributed by atoms with E-state index in [0.717, 1.165) is 12.8 Å². The maximum atomic E-state index is 11.9. The molecule has 2 aliphatic rings. The molecule has 1 aliphatic carbocycles. The fraction of sp³-hybridized carbons (Fsp3) is 0.692. The van der Waals surface area contributed by atoms with Crippen molar-refractivity contribution in [3.8, 4) is 0 Å². The van der Waals surface area contributed by atoms with Gasteiger partial charge in [0.2, 0.25) is 11.8 Å². The molecule has 17 heavy (non-hydrogen) atoms. The minimum Gasteiger partial charge on any atom is -0.352 e. The van der Waals surface area contributed by atoms with Crippen LogP contribution in [0.15, 0.2) is 12.7 Å². The largest absolute Gasteiger partial charge is 0.352 e. The van der Waals surface area contributed by atoms with Gasteiger partial charge in [0.1, 0.15) is 0 Å². The molecule has 2 rings (SSSR count). The van der Waals surface area contributed by atoms with Crippen LogP contribution in [0.25, 0.3) is 0 Å². The quantitative estimate of drug-likeness (QED) is 0.743. The summed E-state index contributed by atoms with van der Waals surface area (Å²) in [6.07, 6.45) is 6.66. The standard InChI is InChI=1S/C13H20N2O2/c1-2-7-14-13(17)10-8-12(16)15(9-10)11-5-3-4-6-11/h2,10-11H,1,3-9H2,(H,14,17)/t10-/m0/s1. The van der Waals surface area contributed by atoms with Crippen LogP contribution in [0.3, 0.4) is 0 Å². The van der Waals surface area contributed by atoms with Crippen LogP contribution in [0.2, 0.25) is 0 Å². The predicted octanol–water partition coefficient (Wildman–Crippen LogP) is 1.08. The summed E-state index contributed by atoms with van der Waals surface area (Å²) >= 11 is 0. The van der Waals surface area contributed by atoms with Gasteiger partial charge in [-0.25, -0.2) is 0 Å². The molecular weight excluding hydrogens is 216 g/mol. The monoisotopic (exact) mass is 236 g/mol. The minimum absolute atomic E-state index is 0.0150. The Morgan fingerprint density at radius 1 is 1.47 bits per heavy atom. The molecule has 0 aromatic heterocycles. The fourth-order valence-corrected chi connectivity index (χ4v) is 2.79. The van der Waals surface area contributed by atoms with E-state index in [0.29, 0.717) is 25.6 Å². The normalized spacial score (nSPS) is 25.3. The second kappa shape index (κ2) is 5.34. The van der Waals surface area contributed by atoms with Crippen LogP contribution in [0.5, 0.6) is 0 Å². The first-order valence-corrected chi connectivity index (χ1v) is 6.40. The summed E-state index contributed by atoms with van der Waals surface area (Å²) in [5, 5.41) is 2.77. The molecule has 1 saturated heterocycles. The number of carbonyl (C=O) groups is 2. The summed E-state index contributed by atoms with van der Waals surface area (Å²) in [4.78, 5) is 25.6. The van der Waals surface area contributed by atoms with Gasteiger partial charge in [-0.2, -0.15) is 0 Å². The molecular formula is C13H20N2O2. The number of hydrogen-bond donors (Lipinski definition) is 1. The van der Waals surface area contributed by atoms with Crippen molar-refractivity contribution in [2.24, 2.45) is 5.92 Å². The average molecular weight is 236 g/mol. The minimum atomic E-state index is -0.164. The predicted molar refractivity (Wildman–Crippen MR) is 65.3 cm³/mol. The lowest BCUT2D eigenvalue weighted by atomic mass is 10.1. The van der Waals surface area contributed by atoms with Gasteiger partial charge < -0.3 is 10.2 Å². The number of nitrogens with one attached hydrogen (secondary N) is 1. The third kappa shape index (κ3) is 2.68. The topological polar surface area (TPSA) is 49.4 Å². The maximum absolute atomic E-state index is 11.9. The smallest absolute Gasteiger partial charge is 0.225 e. The van der Waals surface area contributed by atoms with Crippen LogP contribution in [-0.4, -0.2) is 35.8 Å². The molecule has 1 N–H and O–H groups in total. The highest BCUT2D eigenvalue weighted by molar-refractivity contribution is 5.89. The van der Waals surface area contributed by atoms with Gasteiger partial charge in [0.25, 0.3) is 0 Å². The van der Waals surface area contributed by atoms with Crippen molar-refractivity contribution >= 4 is 11.8 Å². The van der Waals surface area contributed by atoms with Gasteiger partial charge in [-0.1, -0.05) is 18.9 Å². The highest BCUT2D eigenvalue weighted by Gasteiger charge is 2.38. The molecule has 2 amide bonds. The number of hydrogen-bond acceptors (Lipinski definition) is 2. The summed E-state index contributed by atoms with van der Waals surface area (Å²) in [7, 11) is 0. The van der Waals surface area contributed by atoms with E-state index in [1.807, 2.05) is 4.90 Å². The molecule has 94 valence electrons. The maximum Gasteiger partial charge on any atom is 0.225 e. The van der Waals surface area contributed by atoms with Crippen molar-refractivity contribution < 1.29 is 9.59 Å². The summed E-state index contributed by atoms with van der Waals surface area (Å²) < 4.78 is 0. The van der Waals surface area contributed by atoms with Crippen LogP contribution in [-0.2, 0) is 9.59 Å². The highest BCUT2D eigenvalue weighted by Crippen LogP contribution is 2.29. The molecule has 0 aromatic rings. The van der Waals surface area contributed by atoms with E-state index in [-0.39, 0.29) is 17.7 Å². The van der Waals surface area contributed by atoms with Crippen LogP contribution in [0, 0.1) is 5.92 Å². The Morgan fingerprint density at radius 3 is 2.82 bits per heavy atom. The van der Waals surface area contributed by atoms with Crippen LogP contribution in [0.4, 0.5) is 0 Å². The molecule has 0 spiro atoms. The fourth-order valence-electron chi connectivity index (χ4n) is 2.79. The summed E-state index contributed by atoms with van der Waals surface area (Å²) in [6, 6.07) is 0.389. The Kier molecular flexibility index (Phi) is 3.82. The number of nitrogens with zero attached hydrogens (tertiary/aromatic N) is 1. The first kappa shape index (κ1) is 12.1. The van der Waals surface area contributed by atoms with Crippen molar-refractivity contribution in [3.05, 3.63) is 12.7 Å². The number of amides is 2. The Labute approximate surface area is 102 Å². The molecule has 1 aliphatic heterocycles. The second-order valence-electron chi connectivity index (χ2n) is 4.92. The van der Waals surface area contributed by atoms with Crippen molar-refractivity contribution in [1.29, 1.82) is 0 Å². The Morgan fingerprint density at radius 2 is 2.18 bits per heavy atom. The third-order valence-corrected chi connectivity index (χ3v) is 3.72. The second-order valence-corrected chi connectivity index (χ2v) is 4.92. The molecule has 2 fully saturated rings.